The highest BCUT2D eigenvalue weighted by molar-refractivity contribution is 5.86. The monoisotopic (exact) mass is 331 g/mol. The van der Waals surface area contributed by atoms with Crippen LogP contribution in [0.1, 0.15) is 65.5 Å². The fraction of sp³-hybridized carbons (Fsp3) is 0.571. The van der Waals surface area contributed by atoms with E-state index >= 15 is 0 Å². The zero-order chi connectivity index (χ0) is 18.4. The van der Waals surface area contributed by atoms with Crippen molar-refractivity contribution in [1.29, 1.82) is 0 Å². The molecule has 0 radical (unpaired) electrons. The first-order valence-corrected chi connectivity index (χ1v) is 8.74. The summed E-state index contributed by atoms with van der Waals surface area (Å²) in [5.74, 6) is 0.900. The summed E-state index contributed by atoms with van der Waals surface area (Å²) in [5.41, 5.74) is 2.56. The molecule has 0 unspecified atom stereocenters. The van der Waals surface area contributed by atoms with Gasteiger partial charge in [0, 0.05) is 6.54 Å². The highest BCUT2D eigenvalue weighted by Crippen LogP contribution is 2.39. The minimum Gasteiger partial charge on any atom is -0.493 e. The summed E-state index contributed by atoms with van der Waals surface area (Å²) in [4.78, 5) is 11.1. The van der Waals surface area contributed by atoms with Crippen molar-refractivity contribution in [2.75, 3.05) is 13.2 Å². The van der Waals surface area contributed by atoms with Gasteiger partial charge in [0.25, 0.3) is 0 Å². The minimum atomic E-state index is -0.121. The van der Waals surface area contributed by atoms with Gasteiger partial charge in [-0.3, -0.25) is 4.79 Å². The summed E-state index contributed by atoms with van der Waals surface area (Å²) in [6.07, 6.45) is 3.09. The lowest BCUT2D eigenvalue weighted by atomic mass is 9.79. The maximum atomic E-state index is 11.1. The zero-order valence-corrected chi connectivity index (χ0v) is 16.2. The van der Waals surface area contributed by atoms with E-state index in [2.05, 4.69) is 71.6 Å². The molecule has 0 bridgehead atoms. The number of unbranched alkanes of at least 4 members (excludes halogenated alkanes) is 1. The molecule has 24 heavy (non-hydrogen) atoms. The van der Waals surface area contributed by atoms with E-state index in [0.29, 0.717) is 13.2 Å². The standard InChI is InChI=1S/C21H33NO2/c1-8-18(23)22-14-9-10-15-24-19-16(20(2,3)4)12-11-13-17(19)21(5,6)7/h8,11-13H,1,9-10,14-15H2,2-7H3,(H,22,23). The summed E-state index contributed by atoms with van der Waals surface area (Å²) < 4.78 is 6.22. The van der Waals surface area contributed by atoms with E-state index in [1.54, 1.807) is 0 Å². The smallest absolute Gasteiger partial charge is 0.243 e. The quantitative estimate of drug-likeness (QED) is 0.579. The lowest BCUT2D eigenvalue weighted by Crippen LogP contribution is -2.22. The first-order valence-electron chi connectivity index (χ1n) is 8.74. The van der Waals surface area contributed by atoms with Crippen molar-refractivity contribution in [3.05, 3.63) is 42.0 Å². The number of rotatable bonds is 7. The van der Waals surface area contributed by atoms with Crippen molar-refractivity contribution in [2.24, 2.45) is 0 Å². The van der Waals surface area contributed by atoms with Gasteiger partial charge in [0.2, 0.25) is 5.91 Å². The first kappa shape index (κ1) is 20.3. The van der Waals surface area contributed by atoms with E-state index in [1.165, 1.54) is 17.2 Å². The Hall–Kier alpha value is -1.77. The van der Waals surface area contributed by atoms with Crippen LogP contribution in [0.4, 0.5) is 0 Å². The highest BCUT2D eigenvalue weighted by Gasteiger charge is 2.26. The van der Waals surface area contributed by atoms with Crippen molar-refractivity contribution < 1.29 is 9.53 Å². The zero-order valence-electron chi connectivity index (χ0n) is 16.2. The van der Waals surface area contributed by atoms with Gasteiger partial charge in [-0.15, -0.1) is 0 Å². The molecule has 134 valence electrons. The maximum Gasteiger partial charge on any atom is 0.243 e. The second-order valence-corrected chi connectivity index (χ2v) is 8.23. The summed E-state index contributed by atoms with van der Waals surface area (Å²) in [6, 6.07) is 6.45. The number of para-hydroxylation sites is 1. The minimum absolute atomic E-state index is 0.0362. The molecule has 0 aliphatic heterocycles. The fourth-order valence-electron chi connectivity index (χ4n) is 2.56. The summed E-state index contributed by atoms with van der Waals surface area (Å²) in [7, 11) is 0. The van der Waals surface area contributed by atoms with Crippen LogP contribution in [-0.2, 0) is 15.6 Å². The van der Waals surface area contributed by atoms with Gasteiger partial charge in [0.1, 0.15) is 5.75 Å². The van der Waals surface area contributed by atoms with Crippen molar-refractivity contribution in [2.45, 2.75) is 65.2 Å². The van der Waals surface area contributed by atoms with Gasteiger partial charge < -0.3 is 10.1 Å². The molecule has 0 aliphatic rings. The second-order valence-electron chi connectivity index (χ2n) is 8.23. The molecule has 0 aromatic heterocycles. The van der Waals surface area contributed by atoms with Crippen molar-refractivity contribution in [1.82, 2.24) is 5.32 Å². The predicted molar refractivity (Wildman–Crippen MR) is 102 cm³/mol. The summed E-state index contributed by atoms with van der Waals surface area (Å²) in [5, 5.41) is 2.79. The van der Waals surface area contributed by atoms with Gasteiger partial charge in [0.15, 0.2) is 0 Å². The molecule has 3 nitrogen and oxygen atoms in total. The van der Waals surface area contributed by atoms with Crippen molar-refractivity contribution >= 4 is 5.91 Å². The number of ether oxygens (including phenoxy) is 1. The molecule has 0 aliphatic carbocycles. The van der Waals surface area contributed by atoms with Gasteiger partial charge in [-0.2, -0.15) is 0 Å². The first-order chi connectivity index (χ1) is 11.1. The van der Waals surface area contributed by atoms with E-state index < -0.39 is 0 Å². The Bertz CT molecular complexity index is 530. The lowest BCUT2D eigenvalue weighted by molar-refractivity contribution is -0.116. The van der Waals surface area contributed by atoms with Crippen molar-refractivity contribution in [3.63, 3.8) is 0 Å². The van der Waals surface area contributed by atoms with Crippen LogP contribution in [0.25, 0.3) is 0 Å². The molecule has 1 rings (SSSR count). The molecular weight excluding hydrogens is 298 g/mol. The Labute approximate surface area is 147 Å². The summed E-state index contributed by atoms with van der Waals surface area (Å²) in [6.45, 7) is 18.0. The predicted octanol–water partition coefficient (Wildman–Crippen LogP) is 4.74. The van der Waals surface area contributed by atoms with E-state index in [9.17, 15) is 4.79 Å². The lowest BCUT2D eigenvalue weighted by Gasteiger charge is -2.29. The van der Waals surface area contributed by atoms with Crippen LogP contribution in [-0.4, -0.2) is 19.1 Å². The number of hydrogen-bond acceptors (Lipinski definition) is 2. The third-order valence-corrected chi connectivity index (χ3v) is 3.93. The van der Waals surface area contributed by atoms with Crippen molar-refractivity contribution in [3.8, 4) is 5.75 Å². The topological polar surface area (TPSA) is 38.3 Å². The number of hydrogen-bond donors (Lipinski definition) is 1. The number of carbonyl (C=O) groups excluding carboxylic acids is 1. The number of carbonyl (C=O) groups is 1. The maximum absolute atomic E-state index is 11.1. The average Bonchev–Trinajstić information content (AvgIpc) is 2.48. The Morgan fingerprint density at radius 1 is 1.08 bits per heavy atom. The Kier molecular flexibility index (Phi) is 7.07. The Morgan fingerprint density at radius 3 is 2.08 bits per heavy atom. The van der Waals surface area contributed by atoms with Crippen LogP contribution in [0, 0.1) is 0 Å². The van der Waals surface area contributed by atoms with Gasteiger partial charge in [-0.25, -0.2) is 0 Å². The van der Waals surface area contributed by atoms with Crippen LogP contribution in [0.15, 0.2) is 30.9 Å². The van der Waals surface area contributed by atoms with Crippen LogP contribution >= 0.6 is 0 Å². The molecule has 1 amide bonds. The Morgan fingerprint density at radius 2 is 1.62 bits per heavy atom. The van der Waals surface area contributed by atoms with Gasteiger partial charge >= 0.3 is 0 Å². The second kappa shape index (κ2) is 8.36. The fourth-order valence-corrected chi connectivity index (χ4v) is 2.56. The number of nitrogens with one attached hydrogen (secondary N) is 1. The molecule has 1 N–H and O–H groups in total. The highest BCUT2D eigenvalue weighted by atomic mass is 16.5. The third kappa shape index (κ3) is 6.03. The largest absolute Gasteiger partial charge is 0.493 e. The molecule has 0 spiro atoms. The van der Waals surface area contributed by atoms with E-state index in [0.717, 1.165) is 18.6 Å². The van der Waals surface area contributed by atoms with Gasteiger partial charge in [-0.05, 0) is 40.9 Å². The molecule has 0 saturated carbocycles. The van der Waals surface area contributed by atoms with Gasteiger partial charge in [-0.1, -0.05) is 66.3 Å². The Balaban J connectivity index is 2.78. The van der Waals surface area contributed by atoms with E-state index in [-0.39, 0.29) is 16.7 Å². The molecule has 1 aromatic rings. The average molecular weight is 332 g/mol. The summed E-state index contributed by atoms with van der Waals surface area (Å²) >= 11 is 0. The normalized spacial score (nSPS) is 11.9. The molecule has 1 aromatic carbocycles. The van der Waals surface area contributed by atoms with Crippen LogP contribution in [0.5, 0.6) is 5.75 Å². The molecule has 3 heteroatoms. The van der Waals surface area contributed by atoms with Gasteiger partial charge in [0.05, 0.1) is 6.61 Å². The number of benzene rings is 1. The van der Waals surface area contributed by atoms with Crippen LogP contribution in [0.3, 0.4) is 0 Å². The van der Waals surface area contributed by atoms with E-state index in [4.69, 9.17) is 4.74 Å². The van der Waals surface area contributed by atoms with E-state index in [1.807, 2.05) is 0 Å². The third-order valence-electron chi connectivity index (χ3n) is 3.93. The molecule has 0 fully saturated rings. The molecule has 0 saturated heterocycles. The molecule has 0 heterocycles. The SMILES string of the molecule is C=CC(=O)NCCCCOc1c(C(C)(C)C)cccc1C(C)(C)C. The molecular formula is C21H33NO2. The van der Waals surface area contributed by atoms with Crippen LogP contribution in [0.2, 0.25) is 0 Å². The number of amides is 1. The molecule has 0 atom stereocenters. The van der Waals surface area contributed by atoms with Crippen LogP contribution < -0.4 is 10.1 Å².